The van der Waals surface area contributed by atoms with E-state index >= 15 is 0 Å². The number of rotatable bonds is 5. The Hall–Kier alpha value is -3.28. The smallest absolute Gasteiger partial charge is 0.274 e. The first-order valence-electron chi connectivity index (χ1n) is 7.09. The number of carbonyl (C=O) groups excluding carboxylic acids is 1. The van der Waals surface area contributed by atoms with Crippen LogP contribution in [0, 0.1) is 0 Å². The maximum absolute atomic E-state index is 11.3. The molecule has 12 heteroatoms. The summed E-state index contributed by atoms with van der Waals surface area (Å²) in [7, 11) is 3.70. The third-order valence-electron chi connectivity index (χ3n) is 2.78. The molecule has 0 unspecified atom stereocenters. The number of carbonyl (C=O) groups is 1. The molecule has 0 atom stereocenters. The minimum atomic E-state index is -0.243. The van der Waals surface area contributed by atoms with E-state index in [1.165, 1.54) is 29.3 Å². The van der Waals surface area contributed by atoms with Gasteiger partial charge in [0.05, 0.1) is 0 Å². The maximum Gasteiger partial charge on any atom is 0.274 e. The first-order chi connectivity index (χ1) is 12.0. The molecule has 0 aliphatic rings. The van der Waals surface area contributed by atoms with Gasteiger partial charge in [-0.15, -0.1) is 10.2 Å². The highest BCUT2D eigenvalue weighted by Gasteiger charge is 2.14. The Morgan fingerprint density at radius 1 is 1.24 bits per heavy atom. The van der Waals surface area contributed by atoms with Crippen LogP contribution in [0.4, 0.5) is 21.9 Å². The molecule has 128 valence electrons. The van der Waals surface area contributed by atoms with E-state index in [9.17, 15) is 4.79 Å². The van der Waals surface area contributed by atoms with Gasteiger partial charge in [0.2, 0.25) is 5.91 Å². The van der Waals surface area contributed by atoms with Crippen molar-refractivity contribution in [3.05, 3.63) is 24.8 Å². The Bertz CT molecular complexity index is 901. The Morgan fingerprint density at radius 3 is 2.68 bits per heavy atom. The van der Waals surface area contributed by atoms with Crippen molar-refractivity contribution in [1.82, 2.24) is 29.7 Å². The summed E-state index contributed by atoms with van der Waals surface area (Å²) in [4.78, 5) is 29.7. The molecular weight excluding hydrogens is 344 g/mol. The maximum atomic E-state index is 11.3. The second kappa shape index (κ2) is 7.09. The largest absolute Gasteiger partial charge is 0.354 e. The number of hydrogen-bond donors (Lipinski definition) is 1. The summed E-state index contributed by atoms with van der Waals surface area (Å²) in [6.45, 7) is 1.40. The lowest BCUT2D eigenvalue weighted by molar-refractivity contribution is -0.114. The van der Waals surface area contributed by atoms with Crippen molar-refractivity contribution in [1.29, 1.82) is 0 Å². The van der Waals surface area contributed by atoms with Crippen LogP contribution in [0.25, 0.3) is 5.95 Å². The van der Waals surface area contributed by atoms with Gasteiger partial charge in [0, 0.05) is 33.4 Å². The van der Waals surface area contributed by atoms with Crippen molar-refractivity contribution >= 4 is 39.1 Å². The number of hydrogen-bond acceptors (Lipinski definition) is 10. The van der Waals surface area contributed by atoms with Crippen LogP contribution < -0.4 is 10.2 Å². The molecule has 3 rings (SSSR count). The van der Waals surface area contributed by atoms with E-state index in [0.29, 0.717) is 21.9 Å². The van der Waals surface area contributed by atoms with Crippen molar-refractivity contribution in [2.75, 3.05) is 24.3 Å². The van der Waals surface area contributed by atoms with Crippen molar-refractivity contribution in [3.63, 3.8) is 0 Å². The zero-order chi connectivity index (χ0) is 17.8. The van der Waals surface area contributed by atoms with E-state index in [4.69, 9.17) is 0 Å². The highest BCUT2D eigenvalue weighted by atomic mass is 32.1. The Morgan fingerprint density at radius 2 is 2.00 bits per heavy atom. The number of thiazole rings is 1. The molecule has 1 N–H and O–H groups in total. The van der Waals surface area contributed by atoms with Gasteiger partial charge in [-0.3, -0.25) is 4.79 Å². The molecule has 0 aliphatic heterocycles. The van der Waals surface area contributed by atoms with E-state index in [1.54, 1.807) is 18.5 Å². The van der Waals surface area contributed by atoms with Crippen LogP contribution in [0.3, 0.4) is 0 Å². The number of nitrogens with one attached hydrogen (secondary N) is 1. The topological polar surface area (TPSA) is 126 Å². The monoisotopic (exact) mass is 358 g/mol. The minimum absolute atomic E-state index is 0.208. The lowest BCUT2D eigenvalue weighted by Gasteiger charge is -2.04. The fraction of sp³-hybridized carbons (Fsp3) is 0.231. The number of aromatic nitrogens is 6. The predicted molar refractivity (Wildman–Crippen MR) is 91.9 cm³/mol. The molecule has 0 aliphatic carbocycles. The average Bonchev–Trinajstić information content (AvgIpc) is 3.20. The number of nitrogens with zero attached hydrogens (tertiary/aromatic N) is 9. The quantitative estimate of drug-likeness (QED) is 0.691. The summed E-state index contributed by atoms with van der Waals surface area (Å²) >= 11 is 1.28. The molecule has 11 nitrogen and oxygen atoms in total. The van der Waals surface area contributed by atoms with Crippen molar-refractivity contribution in [2.24, 2.45) is 10.2 Å². The Labute approximate surface area is 146 Å². The van der Waals surface area contributed by atoms with Crippen LogP contribution >= 0.6 is 11.3 Å². The van der Waals surface area contributed by atoms with Gasteiger partial charge < -0.3 is 10.2 Å². The fourth-order valence-electron chi connectivity index (χ4n) is 1.74. The van der Waals surface area contributed by atoms with Crippen LogP contribution in [-0.2, 0) is 4.79 Å². The molecule has 0 aromatic carbocycles. The summed E-state index contributed by atoms with van der Waals surface area (Å²) < 4.78 is 1.36. The lowest BCUT2D eigenvalue weighted by atomic mass is 10.6. The van der Waals surface area contributed by atoms with E-state index in [-0.39, 0.29) is 11.9 Å². The molecule has 0 spiro atoms. The molecule has 0 radical (unpaired) electrons. The molecule has 3 aromatic heterocycles. The van der Waals surface area contributed by atoms with E-state index < -0.39 is 0 Å². The second-order valence-electron chi connectivity index (χ2n) is 4.95. The van der Waals surface area contributed by atoms with Crippen LogP contribution in [0.5, 0.6) is 0 Å². The van der Waals surface area contributed by atoms with Gasteiger partial charge in [0.25, 0.3) is 11.9 Å². The second-order valence-corrected chi connectivity index (χ2v) is 5.90. The molecule has 25 heavy (non-hydrogen) atoms. The summed E-state index contributed by atoms with van der Waals surface area (Å²) in [5, 5.41) is 16.0. The van der Waals surface area contributed by atoms with Gasteiger partial charge >= 0.3 is 0 Å². The zero-order valence-electron chi connectivity index (χ0n) is 13.7. The van der Waals surface area contributed by atoms with Crippen molar-refractivity contribution < 1.29 is 4.79 Å². The molecule has 0 fully saturated rings. The molecule has 3 heterocycles. The highest BCUT2D eigenvalue weighted by molar-refractivity contribution is 7.19. The SMILES string of the molecule is CC(=O)Nc1nc(N(C)C)sc1/N=N/c1ncnn1-c1ncccn1. The standard InChI is InChI=1S/C13H14N10OS/c1-8(24)18-9-10(25-13(19-9)22(2)3)20-21-12-16-7-17-23(12)11-14-5-4-6-15-11/h4-7H,1-3H3,(H,18,24)/b21-20+. The van der Waals surface area contributed by atoms with Gasteiger partial charge in [-0.25, -0.2) is 15.0 Å². The molecular formula is C13H14N10OS. The summed E-state index contributed by atoms with van der Waals surface area (Å²) in [5.41, 5.74) is 0. The van der Waals surface area contributed by atoms with E-state index in [2.05, 4.69) is 40.6 Å². The van der Waals surface area contributed by atoms with Crippen molar-refractivity contribution in [3.8, 4) is 5.95 Å². The molecule has 0 saturated carbocycles. The molecule has 3 aromatic rings. The van der Waals surface area contributed by atoms with Gasteiger partial charge in [-0.2, -0.15) is 14.8 Å². The highest BCUT2D eigenvalue weighted by Crippen LogP contribution is 2.37. The number of anilines is 2. The summed E-state index contributed by atoms with van der Waals surface area (Å²) in [6, 6.07) is 1.70. The van der Waals surface area contributed by atoms with Crippen LogP contribution in [0.2, 0.25) is 0 Å². The fourth-order valence-corrected chi connectivity index (χ4v) is 2.51. The minimum Gasteiger partial charge on any atom is -0.354 e. The van der Waals surface area contributed by atoms with E-state index in [0.717, 1.165) is 0 Å². The summed E-state index contributed by atoms with van der Waals surface area (Å²) in [6.07, 6.45) is 4.51. The van der Waals surface area contributed by atoms with Crippen LogP contribution in [0.15, 0.2) is 35.0 Å². The molecule has 1 amide bonds. The van der Waals surface area contributed by atoms with Gasteiger partial charge in [-0.1, -0.05) is 11.3 Å². The number of amides is 1. The van der Waals surface area contributed by atoms with Gasteiger partial charge in [0.1, 0.15) is 6.33 Å². The Balaban J connectivity index is 1.93. The first-order valence-corrected chi connectivity index (χ1v) is 7.91. The number of azo groups is 1. The predicted octanol–water partition coefficient (Wildman–Crippen LogP) is 1.95. The van der Waals surface area contributed by atoms with Gasteiger partial charge in [0.15, 0.2) is 16.0 Å². The average molecular weight is 358 g/mol. The van der Waals surface area contributed by atoms with Crippen LogP contribution in [0.1, 0.15) is 6.92 Å². The van der Waals surface area contributed by atoms with Crippen molar-refractivity contribution in [2.45, 2.75) is 6.92 Å². The molecule has 0 saturated heterocycles. The zero-order valence-corrected chi connectivity index (χ0v) is 14.5. The van der Waals surface area contributed by atoms with Crippen LogP contribution in [-0.4, -0.2) is 49.7 Å². The molecule has 0 bridgehead atoms. The lowest BCUT2D eigenvalue weighted by Crippen LogP contribution is -2.09. The first kappa shape index (κ1) is 16.6. The Kier molecular flexibility index (Phi) is 4.70. The third kappa shape index (κ3) is 3.80. The normalized spacial score (nSPS) is 11.0. The van der Waals surface area contributed by atoms with E-state index in [1.807, 2.05) is 19.0 Å². The summed E-state index contributed by atoms with van der Waals surface area (Å²) in [5.74, 6) is 0.633. The third-order valence-corrected chi connectivity index (χ3v) is 3.88. The van der Waals surface area contributed by atoms with Gasteiger partial charge in [-0.05, 0) is 6.07 Å².